The van der Waals surface area contributed by atoms with Crippen molar-refractivity contribution in [1.29, 1.82) is 0 Å². The zero-order valence-corrected chi connectivity index (χ0v) is 15.6. The van der Waals surface area contributed by atoms with Gasteiger partial charge in [0.15, 0.2) is 6.61 Å². The van der Waals surface area contributed by atoms with Crippen LogP contribution in [0.4, 0.5) is 5.82 Å². The van der Waals surface area contributed by atoms with Gasteiger partial charge in [-0.2, -0.15) is 5.10 Å². The van der Waals surface area contributed by atoms with Crippen molar-refractivity contribution in [2.45, 2.75) is 38.1 Å². The first kappa shape index (κ1) is 18.7. The number of esters is 1. The average Bonchev–Trinajstić information content (AvgIpc) is 3.26. The van der Waals surface area contributed by atoms with Gasteiger partial charge in [0, 0.05) is 16.1 Å². The Kier molecular flexibility index (Phi) is 6.16. The quantitative estimate of drug-likeness (QED) is 0.749. The molecule has 0 aliphatic heterocycles. The number of anilines is 1. The highest BCUT2D eigenvalue weighted by atomic mass is 35.5. The molecule has 1 aliphatic rings. The summed E-state index contributed by atoms with van der Waals surface area (Å²) in [5.41, 5.74) is 0.598. The number of carbonyl (C=O) groups is 2. The molecule has 8 heteroatoms. The lowest BCUT2D eigenvalue weighted by Crippen LogP contribution is -2.24. The SMILES string of the molecule is O=C(COC(=O)Cc1ccc(Cl)cc1Cl)Nc1ccnn1C1CCCC1. The van der Waals surface area contributed by atoms with Crippen LogP contribution in [-0.2, 0) is 20.7 Å². The number of carbonyl (C=O) groups excluding carboxylic acids is 2. The molecule has 1 amide bonds. The van der Waals surface area contributed by atoms with Crippen LogP contribution in [0.5, 0.6) is 0 Å². The predicted molar refractivity (Wildman–Crippen MR) is 99.5 cm³/mol. The Hall–Kier alpha value is -2.05. The highest BCUT2D eigenvalue weighted by Gasteiger charge is 2.20. The van der Waals surface area contributed by atoms with Gasteiger partial charge in [-0.1, -0.05) is 42.1 Å². The molecule has 1 aromatic heterocycles. The molecule has 0 saturated heterocycles. The molecule has 2 aromatic rings. The minimum absolute atomic E-state index is 0.0245. The van der Waals surface area contributed by atoms with Crippen LogP contribution in [0.15, 0.2) is 30.5 Å². The van der Waals surface area contributed by atoms with E-state index in [4.69, 9.17) is 27.9 Å². The zero-order chi connectivity index (χ0) is 18.5. The van der Waals surface area contributed by atoms with Gasteiger partial charge in [0.25, 0.3) is 5.91 Å². The predicted octanol–water partition coefficient (Wildman–Crippen LogP) is 4.03. The van der Waals surface area contributed by atoms with E-state index in [9.17, 15) is 9.59 Å². The summed E-state index contributed by atoms with van der Waals surface area (Å²) >= 11 is 11.9. The largest absolute Gasteiger partial charge is 0.455 e. The molecular formula is C18H19Cl2N3O3. The van der Waals surface area contributed by atoms with Crippen LogP contribution in [0.2, 0.25) is 10.0 Å². The molecule has 1 aromatic carbocycles. The molecule has 3 rings (SSSR count). The van der Waals surface area contributed by atoms with E-state index in [0.717, 1.165) is 12.8 Å². The molecule has 26 heavy (non-hydrogen) atoms. The first-order valence-electron chi connectivity index (χ1n) is 8.46. The number of benzene rings is 1. The second-order valence-corrected chi connectivity index (χ2v) is 7.06. The molecule has 0 bridgehead atoms. The van der Waals surface area contributed by atoms with Gasteiger partial charge in [0.2, 0.25) is 0 Å². The molecule has 1 fully saturated rings. The lowest BCUT2D eigenvalue weighted by atomic mass is 10.1. The third-order valence-electron chi connectivity index (χ3n) is 4.32. The van der Waals surface area contributed by atoms with E-state index in [1.54, 1.807) is 30.5 Å². The number of rotatable bonds is 6. The van der Waals surface area contributed by atoms with Crippen LogP contribution in [-0.4, -0.2) is 28.3 Å². The van der Waals surface area contributed by atoms with E-state index < -0.39 is 11.9 Å². The summed E-state index contributed by atoms with van der Waals surface area (Å²) in [5.74, 6) is -0.312. The van der Waals surface area contributed by atoms with Crippen LogP contribution >= 0.6 is 23.2 Å². The highest BCUT2D eigenvalue weighted by molar-refractivity contribution is 6.35. The molecular weight excluding hydrogens is 377 g/mol. The van der Waals surface area contributed by atoms with Crippen molar-refractivity contribution in [3.8, 4) is 0 Å². The fourth-order valence-corrected chi connectivity index (χ4v) is 3.52. The Balaban J connectivity index is 1.49. The van der Waals surface area contributed by atoms with E-state index >= 15 is 0 Å². The van der Waals surface area contributed by atoms with Gasteiger partial charge in [-0.3, -0.25) is 9.59 Å². The summed E-state index contributed by atoms with van der Waals surface area (Å²) in [6.45, 7) is -0.361. The second-order valence-electron chi connectivity index (χ2n) is 6.22. The fourth-order valence-electron chi connectivity index (χ4n) is 3.05. The number of aromatic nitrogens is 2. The van der Waals surface area contributed by atoms with Crippen molar-refractivity contribution in [2.75, 3.05) is 11.9 Å². The molecule has 0 atom stereocenters. The number of nitrogens with zero attached hydrogens (tertiary/aromatic N) is 2. The summed E-state index contributed by atoms with van der Waals surface area (Å²) in [4.78, 5) is 24.0. The lowest BCUT2D eigenvalue weighted by molar-refractivity contribution is -0.146. The fraction of sp³-hybridized carbons (Fsp3) is 0.389. The van der Waals surface area contributed by atoms with Gasteiger partial charge < -0.3 is 10.1 Å². The topological polar surface area (TPSA) is 73.2 Å². The molecule has 0 unspecified atom stereocenters. The van der Waals surface area contributed by atoms with Crippen LogP contribution < -0.4 is 5.32 Å². The molecule has 0 radical (unpaired) electrons. The van der Waals surface area contributed by atoms with Gasteiger partial charge in [0.05, 0.1) is 18.7 Å². The number of ether oxygens (including phenoxy) is 1. The van der Waals surface area contributed by atoms with Gasteiger partial charge in [-0.05, 0) is 30.5 Å². The first-order valence-corrected chi connectivity index (χ1v) is 9.21. The van der Waals surface area contributed by atoms with E-state index in [2.05, 4.69) is 10.4 Å². The third-order valence-corrected chi connectivity index (χ3v) is 4.91. The average molecular weight is 396 g/mol. The number of hydrogen-bond donors (Lipinski definition) is 1. The van der Waals surface area contributed by atoms with E-state index in [1.165, 1.54) is 12.8 Å². The summed E-state index contributed by atoms with van der Waals surface area (Å²) in [6.07, 6.45) is 6.08. The molecule has 1 heterocycles. The van der Waals surface area contributed by atoms with E-state index in [-0.39, 0.29) is 13.0 Å². The number of hydrogen-bond acceptors (Lipinski definition) is 4. The molecule has 1 aliphatic carbocycles. The molecule has 1 saturated carbocycles. The third kappa shape index (κ3) is 4.77. The number of nitrogens with one attached hydrogen (secondary N) is 1. The van der Waals surface area contributed by atoms with Gasteiger partial charge >= 0.3 is 5.97 Å². The van der Waals surface area contributed by atoms with Crippen LogP contribution in [0.3, 0.4) is 0 Å². The first-order chi connectivity index (χ1) is 12.5. The smallest absolute Gasteiger partial charge is 0.310 e. The Bertz CT molecular complexity index is 801. The maximum absolute atomic E-state index is 12.1. The Labute approximate surface area is 161 Å². The Morgan fingerprint density at radius 2 is 2.00 bits per heavy atom. The van der Waals surface area contributed by atoms with Crippen molar-refractivity contribution < 1.29 is 14.3 Å². The summed E-state index contributed by atoms with van der Waals surface area (Å²) in [6, 6.07) is 6.92. The second kappa shape index (κ2) is 8.56. The normalized spacial score (nSPS) is 14.4. The summed E-state index contributed by atoms with van der Waals surface area (Å²) < 4.78 is 6.87. The Morgan fingerprint density at radius 1 is 1.23 bits per heavy atom. The van der Waals surface area contributed by atoms with Crippen molar-refractivity contribution in [2.24, 2.45) is 0 Å². The van der Waals surface area contributed by atoms with Crippen molar-refractivity contribution >= 4 is 40.9 Å². The van der Waals surface area contributed by atoms with Crippen LogP contribution in [0.1, 0.15) is 37.3 Å². The maximum atomic E-state index is 12.1. The molecule has 0 spiro atoms. The van der Waals surface area contributed by atoms with Crippen molar-refractivity contribution in [1.82, 2.24) is 9.78 Å². The van der Waals surface area contributed by atoms with Crippen molar-refractivity contribution in [3.05, 3.63) is 46.1 Å². The Morgan fingerprint density at radius 3 is 2.73 bits per heavy atom. The summed E-state index contributed by atoms with van der Waals surface area (Å²) in [7, 11) is 0. The van der Waals surface area contributed by atoms with Gasteiger partial charge in [-0.15, -0.1) is 0 Å². The minimum atomic E-state index is -0.534. The molecule has 138 valence electrons. The minimum Gasteiger partial charge on any atom is -0.455 e. The van der Waals surface area contributed by atoms with Gasteiger partial charge in [-0.25, -0.2) is 4.68 Å². The van der Waals surface area contributed by atoms with Crippen LogP contribution in [0, 0.1) is 0 Å². The summed E-state index contributed by atoms with van der Waals surface area (Å²) in [5, 5.41) is 7.91. The molecule has 6 nitrogen and oxygen atoms in total. The maximum Gasteiger partial charge on any atom is 0.310 e. The molecule has 1 N–H and O–H groups in total. The van der Waals surface area contributed by atoms with E-state index in [1.807, 2.05) is 4.68 Å². The number of amides is 1. The van der Waals surface area contributed by atoms with Gasteiger partial charge in [0.1, 0.15) is 5.82 Å². The number of halogens is 2. The zero-order valence-electron chi connectivity index (χ0n) is 14.1. The lowest BCUT2D eigenvalue weighted by Gasteiger charge is -2.14. The standard InChI is InChI=1S/C18H19Cl2N3O3/c19-13-6-5-12(15(20)10-13)9-18(25)26-11-17(24)22-16-7-8-21-23(16)14-3-1-2-4-14/h5-8,10,14H,1-4,9,11H2,(H,22,24). The van der Waals surface area contributed by atoms with Crippen LogP contribution in [0.25, 0.3) is 0 Å². The van der Waals surface area contributed by atoms with E-state index in [0.29, 0.717) is 27.5 Å². The monoisotopic (exact) mass is 395 g/mol. The van der Waals surface area contributed by atoms with Crippen molar-refractivity contribution in [3.63, 3.8) is 0 Å². The highest BCUT2D eigenvalue weighted by Crippen LogP contribution is 2.31.